The summed E-state index contributed by atoms with van der Waals surface area (Å²) in [5.74, 6) is 1.83. The van der Waals surface area contributed by atoms with Crippen LogP contribution in [0.15, 0.2) is 16.5 Å². The van der Waals surface area contributed by atoms with Gasteiger partial charge in [0.05, 0.1) is 12.1 Å². The SMILES string of the molecule is Cc1ccc(C(C)NC[C@H](C)O)o1. The fraction of sp³-hybridized carbons (Fsp3) is 0.600. The lowest BCUT2D eigenvalue weighted by Gasteiger charge is -2.12. The van der Waals surface area contributed by atoms with Crippen LogP contribution >= 0.6 is 0 Å². The van der Waals surface area contributed by atoms with Gasteiger partial charge in [-0.2, -0.15) is 0 Å². The minimum Gasteiger partial charge on any atom is -0.465 e. The van der Waals surface area contributed by atoms with E-state index in [1.54, 1.807) is 6.92 Å². The lowest BCUT2D eigenvalue weighted by Crippen LogP contribution is -2.26. The molecule has 0 spiro atoms. The zero-order chi connectivity index (χ0) is 9.84. The Hall–Kier alpha value is -0.800. The molecule has 0 fully saturated rings. The summed E-state index contributed by atoms with van der Waals surface area (Å²) in [7, 11) is 0. The zero-order valence-electron chi connectivity index (χ0n) is 8.37. The molecular weight excluding hydrogens is 166 g/mol. The van der Waals surface area contributed by atoms with Crippen LogP contribution in [0, 0.1) is 6.92 Å². The molecule has 1 aromatic heterocycles. The molecule has 1 aromatic rings. The predicted molar refractivity (Wildman–Crippen MR) is 51.5 cm³/mol. The van der Waals surface area contributed by atoms with E-state index in [4.69, 9.17) is 9.52 Å². The number of nitrogens with one attached hydrogen (secondary N) is 1. The van der Waals surface area contributed by atoms with Gasteiger partial charge in [0.2, 0.25) is 0 Å². The van der Waals surface area contributed by atoms with E-state index in [0.29, 0.717) is 6.54 Å². The van der Waals surface area contributed by atoms with Gasteiger partial charge in [0.25, 0.3) is 0 Å². The summed E-state index contributed by atoms with van der Waals surface area (Å²) in [6, 6.07) is 4.05. The van der Waals surface area contributed by atoms with Crippen LogP contribution in [0.25, 0.3) is 0 Å². The molecule has 2 atom stereocenters. The smallest absolute Gasteiger partial charge is 0.120 e. The van der Waals surface area contributed by atoms with Crippen LogP contribution in [0.4, 0.5) is 0 Å². The van der Waals surface area contributed by atoms with Gasteiger partial charge < -0.3 is 14.8 Å². The van der Waals surface area contributed by atoms with Crippen molar-refractivity contribution in [2.45, 2.75) is 32.9 Å². The normalized spacial score (nSPS) is 15.7. The Morgan fingerprint density at radius 1 is 1.46 bits per heavy atom. The Balaban J connectivity index is 2.44. The molecule has 13 heavy (non-hydrogen) atoms. The van der Waals surface area contributed by atoms with Crippen molar-refractivity contribution in [3.05, 3.63) is 23.7 Å². The molecule has 1 unspecified atom stereocenters. The molecule has 0 bridgehead atoms. The summed E-state index contributed by atoms with van der Waals surface area (Å²) < 4.78 is 5.43. The predicted octanol–water partition coefficient (Wildman–Crippen LogP) is 1.62. The molecule has 1 rings (SSSR count). The monoisotopic (exact) mass is 183 g/mol. The van der Waals surface area contributed by atoms with E-state index in [-0.39, 0.29) is 12.1 Å². The average molecular weight is 183 g/mol. The van der Waals surface area contributed by atoms with Crippen molar-refractivity contribution in [2.24, 2.45) is 0 Å². The first-order chi connectivity index (χ1) is 6.09. The van der Waals surface area contributed by atoms with E-state index in [0.717, 1.165) is 11.5 Å². The maximum absolute atomic E-state index is 9.06. The minimum absolute atomic E-state index is 0.156. The molecule has 3 nitrogen and oxygen atoms in total. The minimum atomic E-state index is -0.321. The van der Waals surface area contributed by atoms with Crippen molar-refractivity contribution < 1.29 is 9.52 Å². The quantitative estimate of drug-likeness (QED) is 0.745. The second-order valence-corrected chi connectivity index (χ2v) is 3.43. The number of aryl methyl sites for hydroxylation is 1. The van der Waals surface area contributed by atoms with E-state index in [1.165, 1.54) is 0 Å². The highest BCUT2D eigenvalue weighted by molar-refractivity contribution is 5.08. The van der Waals surface area contributed by atoms with E-state index in [1.807, 2.05) is 26.0 Å². The summed E-state index contributed by atoms with van der Waals surface area (Å²) in [6.07, 6.45) is -0.321. The van der Waals surface area contributed by atoms with Gasteiger partial charge in [0, 0.05) is 6.54 Å². The molecule has 0 aromatic carbocycles. The molecule has 0 aliphatic carbocycles. The number of aliphatic hydroxyl groups is 1. The first-order valence-electron chi connectivity index (χ1n) is 4.57. The van der Waals surface area contributed by atoms with Crippen molar-refractivity contribution in [1.29, 1.82) is 0 Å². The Morgan fingerprint density at radius 2 is 2.15 bits per heavy atom. The Kier molecular flexibility index (Phi) is 3.51. The number of hydrogen-bond acceptors (Lipinski definition) is 3. The van der Waals surface area contributed by atoms with Crippen molar-refractivity contribution in [3.8, 4) is 0 Å². The molecule has 0 amide bonds. The topological polar surface area (TPSA) is 45.4 Å². The molecule has 74 valence electrons. The van der Waals surface area contributed by atoms with Gasteiger partial charge >= 0.3 is 0 Å². The maximum atomic E-state index is 9.06. The van der Waals surface area contributed by atoms with Crippen LogP contribution in [0.2, 0.25) is 0 Å². The fourth-order valence-electron chi connectivity index (χ4n) is 1.13. The molecule has 0 radical (unpaired) electrons. The maximum Gasteiger partial charge on any atom is 0.120 e. The van der Waals surface area contributed by atoms with Crippen molar-refractivity contribution in [3.63, 3.8) is 0 Å². The highest BCUT2D eigenvalue weighted by Gasteiger charge is 2.08. The Morgan fingerprint density at radius 3 is 2.62 bits per heavy atom. The van der Waals surface area contributed by atoms with E-state index < -0.39 is 0 Å². The summed E-state index contributed by atoms with van der Waals surface area (Å²) in [6.45, 7) is 6.28. The zero-order valence-corrected chi connectivity index (χ0v) is 8.37. The Bertz CT molecular complexity index is 255. The van der Waals surface area contributed by atoms with Crippen LogP contribution in [0.3, 0.4) is 0 Å². The van der Waals surface area contributed by atoms with E-state index in [9.17, 15) is 0 Å². The molecule has 2 N–H and O–H groups in total. The second-order valence-electron chi connectivity index (χ2n) is 3.43. The number of rotatable bonds is 4. The van der Waals surface area contributed by atoms with Gasteiger partial charge in [0.15, 0.2) is 0 Å². The van der Waals surface area contributed by atoms with Crippen LogP contribution < -0.4 is 5.32 Å². The van der Waals surface area contributed by atoms with Crippen LogP contribution in [-0.4, -0.2) is 17.8 Å². The van der Waals surface area contributed by atoms with Gasteiger partial charge in [-0.25, -0.2) is 0 Å². The highest BCUT2D eigenvalue weighted by atomic mass is 16.3. The van der Waals surface area contributed by atoms with Crippen LogP contribution in [-0.2, 0) is 0 Å². The lowest BCUT2D eigenvalue weighted by molar-refractivity contribution is 0.185. The second kappa shape index (κ2) is 4.44. The molecule has 0 aliphatic rings. The third-order valence-corrected chi connectivity index (χ3v) is 1.91. The average Bonchev–Trinajstić information content (AvgIpc) is 2.47. The lowest BCUT2D eigenvalue weighted by atomic mass is 10.2. The third kappa shape index (κ3) is 3.20. The van der Waals surface area contributed by atoms with Crippen LogP contribution in [0.1, 0.15) is 31.4 Å². The van der Waals surface area contributed by atoms with Crippen LogP contribution in [0.5, 0.6) is 0 Å². The number of furan rings is 1. The van der Waals surface area contributed by atoms with Gasteiger partial charge in [0.1, 0.15) is 11.5 Å². The number of hydrogen-bond donors (Lipinski definition) is 2. The van der Waals surface area contributed by atoms with E-state index in [2.05, 4.69) is 5.32 Å². The van der Waals surface area contributed by atoms with Crippen molar-refractivity contribution in [2.75, 3.05) is 6.54 Å². The first-order valence-corrected chi connectivity index (χ1v) is 4.57. The summed E-state index contributed by atoms with van der Waals surface area (Å²) in [4.78, 5) is 0. The van der Waals surface area contributed by atoms with Crippen molar-refractivity contribution in [1.82, 2.24) is 5.32 Å². The third-order valence-electron chi connectivity index (χ3n) is 1.91. The van der Waals surface area contributed by atoms with Crippen molar-refractivity contribution >= 4 is 0 Å². The number of aliphatic hydroxyl groups excluding tert-OH is 1. The fourth-order valence-corrected chi connectivity index (χ4v) is 1.13. The highest BCUT2D eigenvalue weighted by Crippen LogP contribution is 2.14. The molecule has 0 aliphatic heterocycles. The summed E-state index contributed by atoms with van der Waals surface area (Å²) in [5.41, 5.74) is 0. The summed E-state index contributed by atoms with van der Waals surface area (Å²) in [5, 5.41) is 12.2. The van der Waals surface area contributed by atoms with Gasteiger partial charge in [-0.3, -0.25) is 0 Å². The molecule has 1 heterocycles. The van der Waals surface area contributed by atoms with E-state index >= 15 is 0 Å². The molecule has 0 saturated carbocycles. The molecule has 0 saturated heterocycles. The molecule has 3 heteroatoms. The Labute approximate surface area is 78.8 Å². The largest absolute Gasteiger partial charge is 0.465 e. The van der Waals surface area contributed by atoms with Gasteiger partial charge in [-0.15, -0.1) is 0 Å². The first kappa shape index (κ1) is 10.3. The van der Waals surface area contributed by atoms with Gasteiger partial charge in [-0.05, 0) is 32.9 Å². The molecular formula is C10H17NO2. The standard InChI is InChI=1S/C10H17NO2/c1-7(12)6-11-9(3)10-5-4-8(2)13-10/h4-5,7,9,11-12H,6H2,1-3H3/t7-,9?/m0/s1. The van der Waals surface area contributed by atoms with Gasteiger partial charge in [-0.1, -0.05) is 0 Å². The summed E-state index contributed by atoms with van der Waals surface area (Å²) >= 11 is 0.